The Morgan fingerprint density at radius 2 is 2.38 bits per heavy atom. The molecule has 1 aromatic rings. The van der Waals surface area contributed by atoms with Gasteiger partial charge in [-0.05, 0) is 24.1 Å². The lowest BCUT2D eigenvalue weighted by atomic mass is 9.93. The van der Waals surface area contributed by atoms with Gasteiger partial charge in [-0.15, -0.1) is 6.58 Å². The lowest BCUT2D eigenvalue weighted by Crippen LogP contribution is -2.36. The quantitative estimate of drug-likeness (QED) is 0.782. The second-order valence-electron chi connectivity index (χ2n) is 4.06. The number of likely N-dealkylation sites (N-methyl/N-ethyl adjacent to an activating group) is 1. The van der Waals surface area contributed by atoms with Gasteiger partial charge in [0.25, 0.3) is 0 Å². The summed E-state index contributed by atoms with van der Waals surface area (Å²) in [6.07, 6.45) is 3.07. The van der Waals surface area contributed by atoms with Gasteiger partial charge >= 0.3 is 0 Å². The SMILES string of the molecule is C=CC(NCC)C1OCCc2ccccc21. The standard InChI is InChI=1S/C14H19NO/c1-3-13(15-4-2)14-12-8-6-5-7-11(12)9-10-16-14/h3,5-8,13-15H,1,4,9-10H2,2H3. The van der Waals surface area contributed by atoms with E-state index in [1.54, 1.807) is 0 Å². The number of benzene rings is 1. The van der Waals surface area contributed by atoms with Gasteiger partial charge in [-0.25, -0.2) is 0 Å². The smallest absolute Gasteiger partial charge is 0.102 e. The van der Waals surface area contributed by atoms with Crippen LogP contribution in [0.1, 0.15) is 24.2 Å². The van der Waals surface area contributed by atoms with Crippen LogP contribution in [0, 0.1) is 0 Å². The van der Waals surface area contributed by atoms with Crippen molar-refractivity contribution in [3.05, 3.63) is 48.0 Å². The third kappa shape index (κ3) is 2.18. The highest BCUT2D eigenvalue weighted by Gasteiger charge is 2.25. The van der Waals surface area contributed by atoms with E-state index in [2.05, 4.69) is 43.1 Å². The second kappa shape index (κ2) is 5.28. The van der Waals surface area contributed by atoms with Gasteiger partial charge in [0.2, 0.25) is 0 Å². The van der Waals surface area contributed by atoms with Crippen molar-refractivity contribution in [1.82, 2.24) is 5.32 Å². The maximum atomic E-state index is 5.88. The Bertz CT molecular complexity index is 362. The molecule has 0 saturated heterocycles. The molecule has 2 atom stereocenters. The summed E-state index contributed by atoms with van der Waals surface area (Å²) in [6.45, 7) is 7.72. The monoisotopic (exact) mass is 217 g/mol. The first-order valence-corrected chi connectivity index (χ1v) is 5.92. The molecule has 0 bridgehead atoms. The van der Waals surface area contributed by atoms with E-state index in [0.29, 0.717) is 0 Å². The van der Waals surface area contributed by atoms with E-state index in [-0.39, 0.29) is 12.1 Å². The van der Waals surface area contributed by atoms with E-state index >= 15 is 0 Å². The van der Waals surface area contributed by atoms with Crippen molar-refractivity contribution in [3.8, 4) is 0 Å². The van der Waals surface area contributed by atoms with Crippen LogP contribution in [-0.4, -0.2) is 19.2 Å². The van der Waals surface area contributed by atoms with Crippen molar-refractivity contribution in [3.63, 3.8) is 0 Å². The van der Waals surface area contributed by atoms with Crippen molar-refractivity contribution in [1.29, 1.82) is 0 Å². The molecule has 86 valence electrons. The Morgan fingerprint density at radius 3 is 3.12 bits per heavy atom. The number of hydrogen-bond acceptors (Lipinski definition) is 2. The van der Waals surface area contributed by atoms with Gasteiger partial charge in [-0.2, -0.15) is 0 Å². The molecule has 0 aliphatic carbocycles. The van der Waals surface area contributed by atoms with Gasteiger partial charge < -0.3 is 10.1 Å². The minimum atomic E-state index is 0.113. The molecule has 0 fully saturated rings. The van der Waals surface area contributed by atoms with Crippen molar-refractivity contribution >= 4 is 0 Å². The zero-order chi connectivity index (χ0) is 11.4. The molecule has 16 heavy (non-hydrogen) atoms. The Balaban J connectivity index is 2.26. The summed E-state index contributed by atoms with van der Waals surface area (Å²) in [5.41, 5.74) is 2.71. The van der Waals surface area contributed by atoms with Crippen LogP contribution in [0.2, 0.25) is 0 Å². The van der Waals surface area contributed by atoms with Gasteiger partial charge in [-0.1, -0.05) is 37.3 Å². The fraction of sp³-hybridized carbons (Fsp3) is 0.429. The molecule has 1 aliphatic heterocycles. The van der Waals surface area contributed by atoms with Crippen LogP contribution in [-0.2, 0) is 11.2 Å². The molecule has 2 nitrogen and oxygen atoms in total. The zero-order valence-electron chi connectivity index (χ0n) is 9.78. The molecule has 1 aromatic carbocycles. The molecule has 1 aliphatic rings. The molecule has 1 heterocycles. The zero-order valence-corrected chi connectivity index (χ0v) is 9.78. The van der Waals surface area contributed by atoms with Crippen LogP contribution in [0.3, 0.4) is 0 Å². The maximum Gasteiger partial charge on any atom is 0.102 e. The van der Waals surface area contributed by atoms with Gasteiger partial charge in [0, 0.05) is 0 Å². The lowest BCUT2D eigenvalue weighted by Gasteiger charge is -2.31. The molecule has 0 saturated carbocycles. The lowest BCUT2D eigenvalue weighted by molar-refractivity contribution is 0.0267. The van der Waals surface area contributed by atoms with Gasteiger partial charge in [-0.3, -0.25) is 0 Å². The number of nitrogens with one attached hydrogen (secondary N) is 1. The highest BCUT2D eigenvalue weighted by atomic mass is 16.5. The number of rotatable bonds is 4. The molecule has 0 aromatic heterocycles. The number of ether oxygens (including phenoxy) is 1. The average Bonchev–Trinajstić information content (AvgIpc) is 2.35. The Kier molecular flexibility index (Phi) is 3.75. The van der Waals surface area contributed by atoms with E-state index in [1.807, 2.05) is 6.08 Å². The number of fused-ring (bicyclic) bond motifs is 1. The summed E-state index contributed by atoms with van der Waals surface area (Å²) in [7, 11) is 0. The van der Waals surface area contributed by atoms with Crippen molar-refractivity contribution in [2.75, 3.05) is 13.2 Å². The second-order valence-corrected chi connectivity index (χ2v) is 4.06. The van der Waals surface area contributed by atoms with Crippen molar-refractivity contribution < 1.29 is 4.74 Å². The van der Waals surface area contributed by atoms with Crippen LogP contribution < -0.4 is 5.32 Å². The number of hydrogen-bond donors (Lipinski definition) is 1. The van der Waals surface area contributed by atoms with Crippen LogP contribution in [0.25, 0.3) is 0 Å². The normalized spacial score (nSPS) is 21.2. The molecule has 0 amide bonds. The fourth-order valence-corrected chi connectivity index (χ4v) is 2.27. The molecular weight excluding hydrogens is 198 g/mol. The molecular formula is C14H19NO. The van der Waals surface area contributed by atoms with Crippen molar-refractivity contribution in [2.45, 2.75) is 25.5 Å². The topological polar surface area (TPSA) is 21.3 Å². The van der Waals surface area contributed by atoms with Crippen LogP contribution in [0.4, 0.5) is 0 Å². The summed E-state index contributed by atoms with van der Waals surface area (Å²) in [6, 6.07) is 8.72. The van der Waals surface area contributed by atoms with Crippen LogP contribution in [0.5, 0.6) is 0 Å². The van der Waals surface area contributed by atoms with E-state index in [9.17, 15) is 0 Å². The summed E-state index contributed by atoms with van der Waals surface area (Å²) in [4.78, 5) is 0. The van der Waals surface area contributed by atoms with E-state index in [1.165, 1.54) is 11.1 Å². The summed E-state index contributed by atoms with van der Waals surface area (Å²) in [5.74, 6) is 0. The minimum absolute atomic E-state index is 0.113. The first-order chi connectivity index (χ1) is 7.86. The van der Waals surface area contributed by atoms with Crippen LogP contribution >= 0.6 is 0 Å². The third-order valence-corrected chi connectivity index (χ3v) is 3.05. The maximum absolute atomic E-state index is 5.88. The molecule has 0 radical (unpaired) electrons. The minimum Gasteiger partial charge on any atom is -0.371 e. The first kappa shape index (κ1) is 11.4. The predicted octanol–water partition coefficient (Wildman–Crippen LogP) is 2.46. The van der Waals surface area contributed by atoms with E-state index < -0.39 is 0 Å². The Labute approximate surface area is 97.3 Å². The summed E-state index contributed by atoms with van der Waals surface area (Å²) < 4.78 is 5.88. The molecule has 2 heteroatoms. The molecule has 2 unspecified atom stereocenters. The first-order valence-electron chi connectivity index (χ1n) is 5.92. The van der Waals surface area contributed by atoms with E-state index in [4.69, 9.17) is 4.74 Å². The average molecular weight is 217 g/mol. The highest BCUT2D eigenvalue weighted by molar-refractivity contribution is 5.32. The van der Waals surface area contributed by atoms with Gasteiger partial charge in [0.15, 0.2) is 0 Å². The summed E-state index contributed by atoms with van der Waals surface area (Å²) in [5, 5.41) is 3.40. The Morgan fingerprint density at radius 1 is 1.56 bits per heavy atom. The van der Waals surface area contributed by atoms with E-state index in [0.717, 1.165) is 19.6 Å². The molecule has 1 N–H and O–H groups in total. The largest absolute Gasteiger partial charge is 0.371 e. The third-order valence-electron chi connectivity index (χ3n) is 3.05. The molecule has 2 rings (SSSR count). The van der Waals surface area contributed by atoms with Crippen molar-refractivity contribution in [2.24, 2.45) is 0 Å². The molecule has 0 spiro atoms. The van der Waals surface area contributed by atoms with Gasteiger partial charge in [0.1, 0.15) is 6.10 Å². The predicted molar refractivity (Wildman–Crippen MR) is 66.5 cm³/mol. The fourth-order valence-electron chi connectivity index (χ4n) is 2.27. The van der Waals surface area contributed by atoms with Crippen LogP contribution in [0.15, 0.2) is 36.9 Å². The Hall–Kier alpha value is -1.12. The highest BCUT2D eigenvalue weighted by Crippen LogP contribution is 2.29. The van der Waals surface area contributed by atoms with Gasteiger partial charge in [0.05, 0.1) is 12.6 Å². The summed E-state index contributed by atoms with van der Waals surface area (Å²) >= 11 is 0.